The van der Waals surface area contributed by atoms with Crippen LogP contribution in [-0.2, 0) is 4.79 Å². The molecule has 8 nitrogen and oxygen atoms in total. The van der Waals surface area contributed by atoms with Gasteiger partial charge in [0, 0.05) is 42.8 Å². The number of hydrogen-bond donors (Lipinski definition) is 1. The average molecular weight is 484 g/mol. The third kappa shape index (κ3) is 5.15. The number of aromatic nitrogens is 2. The van der Waals surface area contributed by atoms with Crippen molar-refractivity contribution in [1.29, 1.82) is 5.26 Å². The van der Waals surface area contributed by atoms with Crippen LogP contribution in [0.2, 0.25) is 0 Å². The van der Waals surface area contributed by atoms with Gasteiger partial charge in [-0.15, -0.1) is 0 Å². The predicted octanol–water partition coefficient (Wildman–Crippen LogP) is 4.04. The van der Waals surface area contributed by atoms with Crippen LogP contribution in [0.15, 0.2) is 48.8 Å². The van der Waals surface area contributed by atoms with Crippen molar-refractivity contribution in [2.24, 2.45) is 5.92 Å². The fourth-order valence-corrected chi connectivity index (χ4v) is 5.08. The number of nitrogens with one attached hydrogen (secondary N) is 1. The van der Waals surface area contributed by atoms with Gasteiger partial charge in [0.25, 0.3) is 5.91 Å². The van der Waals surface area contributed by atoms with Gasteiger partial charge in [-0.05, 0) is 74.9 Å². The first-order valence-electron chi connectivity index (χ1n) is 12.6. The number of aldehydes is 1. The molecular weight excluding hydrogens is 454 g/mol. The minimum atomic E-state index is -0.109. The molecule has 2 aromatic heterocycles. The summed E-state index contributed by atoms with van der Waals surface area (Å²) in [5.74, 6) is 1.62. The molecule has 1 saturated heterocycles. The fraction of sp³-hybridized carbons (Fsp3) is 0.393. The summed E-state index contributed by atoms with van der Waals surface area (Å²) in [6, 6.07) is 13.4. The zero-order valence-electron chi connectivity index (χ0n) is 20.1. The van der Waals surface area contributed by atoms with E-state index in [9.17, 15) is 14.9 Å². The summed E-state index contributed by atoms with van der Waals surface area (Å²) in [6.07, 6.45) is 9.44. The monoisotopic (exact) mass is 483 g/mol. The Balaban J connectivity index is 1.13. The molecule has 1 aliphatic heterocycles. The highest BCUT2D eigenvalue weighted by molar-refractivity contribution is 5.94. The van der Waals surface area contributed by atoms with Gasteiger partial charge in [0.05, 0.1) is 22.7 Å². The van der Waals surface area contributed by atoms with Crippen molar-refractivity contribution in [2.75, 3.05) is 18.0 Å². The maximum atomic E-state index is 12.8. The third-order valence-electron chi connectivity index (χ3n) is 7.22. The first-order chi connectivity index (χ1) is 17.6. The summed E-state index contributed by atoms with van der Waals surface area (Å²) in [6.45, 7) is 1.62. The van der Waals surface area contributed by atoms with E-state index in [0.29, 0.717) is 16.6 Å². The van der Waals surface area contributed by atoms with E-state index in [1.54, 1.807) is 18.5 Å². The highest BCUT2D eigenvalue weighted by atomic mass is 16.5. The number of nitriles is 1. The number of piperidine rings is 1. The molecule has 3 heterocycles. The molecule has 1 aromatic carbocycles. The van der Waals surface area contributed by atoms with Crippen LogP contribution < -0.4 is 15.0 Å². The summed E-state index contributed by atoms with van der Waals surface area (Å²) >= 11 is 0. The smallest absolute Gasteiger partial charge is 0.253 e. The largest absolute Gasteiger partial charge is 0.490 e. The lowest BCUT2D eigenvalue weighted by Crippen LogP contribution is -2.39. The molecule has 36 heavy (non-hydrogen) atoms. The molecule has 5 rings (SSSR count). The Kier molecular flexibility index (Phi) is 7.08. The molecule has 3 aromatic rings. The number of hydrogen-bond acceptors (Lipinski definition) is 7. The van der Waals surface area contributed by atoms with Gasteiger partial charge in [-0.1, -0.05) is 0 Å². The third-order valence-corrected chi connectivity index (χ3v) is 7.22. The number of anilines is 1. The van der Waals surface area contributed by atoms with E-state index in [1.807, 2.05) is 30.3 Å². The summed E-state index contributed by atoms with van der Waals surface area (Å²) in [7, 11) is 0. The maximum Gasteiger partial charge on any atom is 0.253 e. The lowest BCUT2D eigenvalue weighted by molar-refractivity contribution is -0.111. The van der Waals surface area contributed by atoms with Crippen molar-refractivity contribution in [3.8, 4) is 11.8 Å². The van der Waals surface area contributed by atoms with Crippen LogP contribution in [0.3, 0.4) is 0 Å². The topological polar surface area (TPSA) is 108 Å². The molecule has 0 unspecified atom stereocenters. The molecule has 0 atom stereocenters. The Morgan fingerprint density at radius 1 is 1.06 bits per heavy atom. The number of nitrogens with zero attached hydrogens (tertiary/aromatic N) is 4. The van der Waals surface area contributed by atoms with Crippen molar-refractivity contribution in [2.45, 2.75) is 50.7 Å². The fourth-order valence-electron chi connectivity index (χ4n) is 5.08. The molecule has 1 saturated carbocycles. The molecule has 2 fully saturated rings. The molecule has 2 aliphatic rings. The zero-order valence-corrected chi connectivity index (χ0v) is 20.1. The highest BCUT2D eigenvalue weighted by Crippen LogP contribution is 2.31. The van der Waals surface area contributed by atoms with Crippen LogP contribution in [0.5, 0.6) is 5.75 Å². The first-order valence-corrected chi connectivity index (χ1v) is 12.6. The van der Waals surface area contributed by atoms with E-state index in [4.69, 9.17) is 4.74 Å². The second kappa shape index (κ2) is 10.7. The van der Waals surface area contributed by atoms with Gasteiger partial charge in [-0.25, -0.2) is 4.98 Å². The minimum absolute atomic E-state index is 0.0544. The number of fused-ring (bicyclic) bond motifs is 1. The number of amides is 1. The maximum absolute atomic E-state index is 12.8. The van der Waals surface area contributed by atoms with Crippen LogP contribution in [0.1, 0.15) is 54.4 Å². The molecule has 1 N–H and O–H groups in total. The van der Waals surface area contributed by atoms with Crippen molar-refractivity contribution in [1.82, 2.24) is 15.3 Å². The highest BCUT2D eigenvalue weighted by Gasteiger charge is 2.25. The average Bonchev–Trinajstić information content (AvgIpc) is 2.94. The van der Waals surface area contributed by atoms with Crippen LogP contribution in [0, 0.1) is 17.2 Å². The Hall–Kier alpha value is -3.99. The van der Waals surface area contributed by atoms with Crippen LogP contribution >= 0.6 is 0 Å². The zero-order chi connectivity index (χ0) is 24.9. The number of carbonyl (C=O) groups excluding carboxylic acids is 2. The first kappa shape index (κ1) is 23.7. The lowest BCUT2D eigenvalue weighted by atomic mass is 9.92. The number of pyridine rings is 2. The normalized spacial score (nSPS) is 20.5. The molecule has 0 radical (unpaired) electrons. The number of rotatable bonds is 6. The number of carbonyl (C=O) groups is 2. The van der Waals surface area contributed by atoms with Crippen LogP contribution in [0.25, 0.3) is 10.9 Å². The number of ether oxygens (including phenoxy) is 1. The van der Waals surface area contributed by atoms with E-state index < -0.39 is 0 Å². The van der Waals surface area contributed by atoms with Gasteiger partial charge in [-0.3, -0.25) is 9.78 Å². The second-order valence-corrected chi connectivity index (χ2v) is 9.55. The van der Waals surface area contributed by atoms with Gasteiger partial charge in [0.1, 0.15) is 23.9 Å². The second-order valence-electron chi connectivity index (χ2n) is 9.55. The van der Waals surface area contributed by atoms with E-state index >= 15 is 0 Å². The van der Waals surface area contributed by atoms with E-state index in [-0.39, 0.29) is 24.0 Å². The summed E-state index contributed by atoms with van der Waals surface area (Å²) < 4.78 is 6.29. The van der Waals surface area contributed by atoms with E-state index in [0.717, 1.165) is 74.9 Å². The van der Waals surface area contributed by atoms with Gasteiger partial charge in [-0.2, -0.15) is 5.26 Å². The van der Waals surface area contributed by atoms with Gasteiger partial charge >= 0.3 is 0 Å². The Bertz CT molecular complexity index is 1270. The van der Waals surface area contributed by atoms with Gasteiger partial charge < -0.3 is 19.7 Å². The van der Waals surface area contributed by atoms with Crippen molar-refractivity contribution >= 4 is 28.9 Å². The molecule has 0 bridgehead atoms. The van der Waals surface area contributed by atoms with Crippen LogP contribution in [0.4, 0.5) is 5.82 Å². The SMILES string of the molecule is N#Cc1ccc(OC2CCC(NC(=O)c3ccc(N4CCC(C=O)CC4)nc3)CC2)c2cccnc12. The Labute approximate surface area is 210 Å². The predicted molar refractivity (Wildman–Crippen MR) is 136 cm³/mol. The van der Waals surface area contributed by atoms with E-state index in [2.05, 4.69) is 26.3 Å². The lowest BCUT2D eigenvalue weighted by Gasteiger charge is -2.31. The molecule has 0 spiro atoms. The Morgan fingerprint density at radius 2 is 1.86 bits per heavy atom. The minimum Gasteiger partial charge on any atom is -0.490 e. The van der Waals surface area contributed by atoms with Crippen molar-refractivity contribution < 1.29 is 14.3 Å². The number of benzene rings is 1. The standard InChI is InChI=1S/C28H29N5O3/c29-16-20-3-9-25(24-2-1-13-30-27(20)24)36-23-7-5-22(6-8-23)32-28(35)21-4-10-26(31-17-21)33-14-11-19(18-34)12-15-33/h1-4,9-10,13,17-19,22-23H,5-8,11-12,14-15H2,(H,32,35). The Morgan fingerprint density at radius 3 is 2.56 bits per heavy atom. The van der Waals surface area contributed by atoms with Crippen molar-refractivity contribution in [3.63, 3.8) is 0 Å². The van der Waals surface area contributed by atoms with Gasteiger partial charge in [0.15, 0.2) is 0 Å². The molecule has 184 valence electrons. The molecule has 1 amide bonds. The van der Waals surface area contributed by atoms with Crippen LogP contribution in [-0.4, -0.2) is 47.4 Å². The molecular formula is C28H29N5O3. The molecule has 1 aliphatic carbocycles. The molecule has 8 heteroatoms. The summed E-state index contributed by atoms with van der Waals surface area (Å²) in [5, 5.41) is 13.3. The van der Waals surface area contributed by atoms with Gasteiger partial charge in [0.2, 0.25) is 0 Å². The summed E-state index contributed by atoms with van der Waals surface area (Å²) in [4.78, 5) is 34.8. The van der Waals surface area contributed by atoms with E-state index in [1.165, 1.54) is 0 Å². The quantitative estimate of drug-likeness (QED) is 0.527. The summed E-state index contributed by atoms with van der Waals surface area (Å²) in [5.41, 5.74) is 1.74. The van der Waals surface area contributed by atoms with Crippen molar-refractivity contribution in [3.05, 3.63) is 59.9 Å².